The van der Waals surface area contributed by atoms with Crippen LogP contribution in [0, 0.1) is 22.5 Å². The van der Waals surface area contributed by atoms with Crippen LogP contribution >= 0.6 is 0 Å². The molecule has 6 rings (SSSR count). The Bertz CT molecular complexity index is 1550. The lowest BCUT2D eigenvalue weighted by Gasteiger charge is -2.57. The van der Waals surface area contributed by atoms with E-state index in [1.54, 1.807) is 18.3 Å². The minimum atomic E-state index is -0.776. The molecule has 1 aliphatic carbocycles. The SMILES string of the molecule is CC1(C)CC(C)(C)C1NC(=O)c1ccc(N2CCN(CCOc3cccc4c3CN(c3ccc(F)cc3F)C4=O)CC2)nc1. The van der Waals surface area contributed by atoms with Crippen LogP contribution in [0.1, 0.15) is 60.4 Å². The Morgan fingerprint density at radius 1 is 1.02 bits per heavy atom. The average Bonchev–Trinajstić information content (AvgIpc) is 3.32. The summed E-state index contributed by atoms with van der Waals surface area (Å²) in [6, 6.07) is 12.4. The number of hydrogen-bond donors (Lipinski definition) is 1. The van der Waals surface area contributed by atoms with Gasteiger partial charge in [0.2, 0.25) is 0 Å². The number of hydrogen-bond acceptors (Lipinski definition) is 6. The molecule has 44 heavy (non-hydrogen) atoms. The van der Waals surface area contributed by atoms with Crippen LogP contribution < -0.4 is 19.9 Å². The summed E-state index contributed by atoms with van der Waals surface area (Å²) in [5.41, 5.74) is 1.96. The minimum absolute atomic E-state index is 0.0468. The Hall–Kier alpha value is -4.05. The molecule has 2 fully saturated rings. The molecule has 0 radical (unpaired) electrons. The molecule has 8 nitrogen and oxygen atoms in total. The predicted molar refractivity (Wildman–Crippen MR) is 165 cm³/mol. The van der Waals surface area contributed by atoms with Gasteiger partial charge in [-0.15, -0.1) is 0 Å². The second-order valence-electron chi connectivity index (χ2n) is 13.4. The maximum atomic E-state index is 14.4. The summed E-state index contributed by atoms with van der Waals surface area (Å²) >= 11 is 0. The summed E-state index contributed by atoms with van der Waals surface area (Å²) in [7, 11) is 0. The average molecular weight is 604 g/mol. The number of piperazine rings is 1. The number of carbonyl (C=O) groups is 2. The summed E-state index contributed by atoms with van der Waals surface area (Å²) in [5, 5.41) is 3.22. The number of carbonyl (C=O) groups excluding carboxylic acids is 2. The van der Waals surface area contributed by atoms with Crippen molar-refractivity contribution in [2.24, 2.45) is 10.8 Å². The Balaban J connectivity index is 0.986. The number of ether oxygens (including phenoxy) is 1. The number of aromatic nitrogens is 1. The van der Waals surface area contributed by atoms with E-state index in [9.17, 15) is 18.4 Å². The van der Waals surface area contributed by atoms with Crippen molar-refractivity contribution in [2.45, 2.75) is 46.7 Å². The van der Waals surface area contributed by atoms with Gasteiger partial charge in [-0.3, -0.25) is 14.5 Å². The number of halogens is 2. The fraction of sp³-hybridized carbons (Fsp3) is 0.441. The smallest absolute Gasteiger partial charge is 0.259 e. The maximum Gasteiger partial charge on any atom is 0.259 e. The van der Waals surface area contributed by atoms with Crippen LogP contribution in [-0.4, -0.2) is 67.1 Å². The lowest BCUT2D eigenvalue weighted by atomic mass is 9.52. The van der Waals surface area contributed by atoms with E-state index in [4.69, 9.17) is 4.74 Å². The van der Waals surface area contributed by atoms with E-state index in [2.05, 4.69) is 47.8 Å². The molecule has 232 valence electrons. The van der Waals surface area contributed by atoms with Crippen LogP contribution in [0.4, 0.5) is 20.3 Å². The summed E-state index contributed by atoms with van der Waals surface area (Å²) in [4.78, 5) is 36.3. The molecular weight excluding hydrogens is 564 g/mol. The van der Waals surface area contributed by atoms with Crippen LogP contribution in [0.25, 0.3) is 0 Å². The molecule has 10 heteroatoms. The van der Waals surface area contributed by atoms with E-state index in [1.165, 1.54) is 11.0 Å². The van der Waals surface area contributed by atoms with Crippen LogP contribution in [-0.2, 0) is 6.54 Å². The van der Waals surface area contributed by atoms with Gasteiger partial charge in [-0.25, -0.2) is 13.8 Å². The molecule has 1 saturated carbocycles. The van der Waals surface area contributed by atoms with Crippen LogP contribution in [0.5, 0.6) is 5.75 Å². The quantitative estimate of drug-likeness (QED) is 0.378. The molecule has 1 aromatic heterocycles. The first-order valence-corrected chi connectivity index (χ1v) is 15.2. The van der Waals surface area contributed by atoms with Crippen molar-refractivity contribution in [3.05, 3.63) is 83.1 Å². The monoisotopic (exact) mass is 603 g/mol. The van der Waals surface area contributed by atoms with Crippen LogP contribution in [0.3, 0.4) is 0 Å². The summed E-state index contributed by atoms with van der Waals surface area (Å²) < 4.78 is 33.9. The molecule has 2 aromatic carbocycles. The van der Waals surface area contributed by atoms with Crippen molar-refractivity contribution in [2.75, 3.05) is 49.1 Å². The molecule has 2 aliphatic heterocycles. The number of amides is 2. The van der Waals surface area contributed by atoms with Gasteiger partial charge in [0.25, 0.3) is 11.8 Å². The third-order valence-corrected chi connectivity index (χ3v) is 9.25. The van der Waals surface area contributed by atoms with Gasteiger partial charge in [0.1, 0.15) is 29.8 Å². The van der Waals surface area contributed by atoms with E-state index in [1.807, 2.05) is 18.2 Å². The number of fused-ring (bicyclic) bond motifs is 1. The number of benzene rings is 2. The lowest BCUT2D eigenvalue weighted by Crippen LogP contribution is -2.63. The van der Waals surface area contributed by atoms with Crippen molar-refractivity contribution >= 4 is 23.3 Å². The maximum absolute atomic E-state index is 14.4. The van der Waals surface area contributed by atoms with Gasteiger partial charge in [-0.1, -0.05) is 33.8 Å². The molecule has 0 bridgehead atoms. The van der Waals surface area contributed by atoms with Crippen molar-refractivity contribution in [1.82, 2.24) is 15.2 Å². The molecule has 0 unspecified atom stereocenters. The third-order valence-electron chi connectivity index (χ3n) is 9.25. The fourth-order valence-corrected chi connectivity index (χ4v) is 7.44. The third kappa shape index (κ3) is 5.75. The molecule has 3 aromatic rings. The summed E-state index contributed by atoms with van der Waals surface area (Å²) in [6.07, 6.45) is 2.74. The molecule has 3 heterocycles. The highest BCUT2D eigenvalue weighted by atomic mass is 19.1. The fourth-order valence-electron chi connectivity index (χ4n) is 7.44. The predicted octanol–water partition coefficient (Wildman–Crippen LogP) is 5.28. The number of anilines is 2. The number of pyridine rings is 1. The molecule has 2 amide bonds. The first-order valence-electron chi connectivity index (χ1n) is 15.2. The zero-order chi connectivity index (χ0) is 31.2. The zero-order valence-electron chi connectivity index (χ0n) is 25.7. The molecule has 0 atom stereocenters. The molecule has 1 saturated heterocycles. The number of rotatable bonds is 8. The van der Waals surface area contributed by atoms with Crippen molar-refractivity contribution < 1.29 is 23.1 Å². The van der Waals surface area contributed by atoms with Gasteiger partial charge < -0.3 is 19.9 Å². The molecule has 0 spiro atoms. The van der Waals surface area contributed by atoms with Crippen LogP contribution in [0.15, 0.2) is 54.7 Å². The number of nitrogens with one attached hydrogen (secondary N) is 1. The van der Waals surface area contributed by atoms with E-state index in [0.717, 1.165) is 50.6 Å². The number of nitrogens with zero attached hydrogens (tertiary/aromatic N) is 4. The highest BCUT2D eigenvalue weighted by Crippen LogP contribution is 2.53. The largest absolute Gasteiger partial charge is 0.492 e. The Kier molecular flexibility index (Phi) is 7.82. The van der Waals surface area contributed by atoms with Crippen molar-refractivity contribution in [1.29, 1.82) is 0 Å². The zero-order valence-corrected chi connectivity index (χ0v) is 25.7. The molecule has 1 N–H and O–H groups in total. The highest BCUT2D eigenvalue weighted by molar-refractivity contribution is 6.10. The lowest BCUT2D eigenvalue weighted by molar-refractivity contribution is -0.0366. The van der Waals surface area contributed by atoms with Gasteiger partial charge in [0, 0.05) is 62.2 Å². The first-order chi connectivity index (χ1) is 20.9. The Morgan fingerprint density at radius 2 is 1.77 bits per heavy atom. The van der Waals surface area contributed by atoms with Crippen LogP contribution in [0.2, 0.25) is 0 Å². The van der Waals surface area contributed by atoms with E-state index in [-0.39, 0.29) is 40.9 Å². The molecular formula is C34H39F2N5O3. The summed E-state index contributed by atoms with van der Waals surface area (Å²) in [6.45, 7) is 13.4. The van der Waals surface area contributed by atoms with Gasteiger partial charge in [0.15, 0.2) is 0 Å². The Morgan fingerprint density at radius 3 is 2.43 bits per heavy atom. The normalized spacial score (nSPS) is 19.5. The van der Waals surface area contributed by atoms with Gasteiger partial charge in [0.05, 0.1) is 17.8 Å². The second-order valence-corrected chi connectivity index (χ2v) is 13.4. The molecule has 3 aliphatic rings. The first kappa shape index (κ1) is 30.0. The van der Waals surface area contributed by atoms with Gasteiger partial charge in [-0.05, 0) is 53.6 Å². The Labute approximate surface area is 257 Å². The van der Waals surface area contributed by atoms with Crippen molar-refractivity contribution in [3.63, 3.8) is 0 Å². The van der Waals surface area contributed by atoms with E-state index >= 15 is 0 Å². The van der Waals surface area contributed by atoms with Gasteiger partial charge in [-0.2, -0.15) is 0 Å². The van der Waals surface area contributed by atoms with E-state index in [0.29, 0.717) is 35.6 Å². The summed E-state index contributed by atoms with van der Waals surface area (Å²) in [5.74, 6) is -0.428. The second kappa shape index (κ2) is 11.5. The highest BCUT2D eigenvalue weighted by Gasteiger charge is 2.53. The van der Waals surface area contributed by atoms with Gasteiger partial charge >= 0.3 is 0 Å². The standard InChI is InChI=1S/C34H39F2N5O3/c1-33(2)21-34(3,4)32(33)38-30(42)22-8-11-29(37-19-22)40-14-12-39(13-15-40)16-17-44-28-7-5-6-24-25(28)20-41(31(24)43)27-10-9-23(35)18-26(27)36/h5-11,18-19,32H,12-17,20-21H2,1-4H3,(H,38,42). The van der Waals surface area contributed by atoms with E-state index < -0.39 is 11.6 Å². The minimum Gasteiger partial charge on any atom is -0.492 e. The van der Waals surface area contributed by atoms with Crippen molar-refractivity contribution in [3.8, 4) is 5.75 Å². The topological polar surface area (TPSA) is 78.0 Å².